The highest BCUT2D eigenvalue weighted by Crippen LogP contribution is 2.21. The molecular weight excluding hydrogens is 436 g/mol. The predicted molar refractivity (Wildman–Crippen MR) is 108 cm³/mol. The number of amides is 1. The minimum absolute atomic E-state index is 0.0781. The second-order valence-electron chi connectivity index (χ2n) is 5.44. The van der Waals surface area contributed by atoms with Crippen LogP contribution in [0.5, 0.6) is 0 Å². The van der Waals surface area contributed by atoms with Crippen molar-refractivity contribution in [3.8, 4) is 0 Å². The Kier molecular flexibility index (Phi) is 5.75. The van der Waals surface area contributed by atoms with Gasteiger partial charge in [0.1, 0.15) is 0 Å². The standard InChI is InChI=1S/C18H15BrN2O3S2/c19-13-6-8-14(9-7-13)21-26(23,24)17-5-1-3-15(11-17)20-18(22)12-16-4-2-10-25-16/h1-11,21H,12H2,(H,20,22). The molecule has 0 aliphatic heterocycles. The van der Waals surface area contributed by atoms with Gasteiger partial charge in [0, 0.05) is 20.7 Å². The zero-order chi connectivity index (χ0) is 18.6. The fourth-order valence-electron chi connectivity index (χ4n) is 2.25. The summed E-state index contributed by atoms with van der Waals surface area (Å²) in [5.41, 5.74) is 0.894. The lowest BCUT2D eigenvalue weighted by atomic mass is 10.3. The van der Waals surface area contributed by atoms with E-state index in [0.29, 0.717) is 11.4 Å². The molecule has 0 radical (unpaired) electrons. The van der Waals surface area contributed by atoms with Crippen molar-refractivity contribution in [1.29, 1.82) is 0 Å². The molecule has 0 bridgehead atoms. The molecule has 0 atom stereocenters. The van der Waals surface area contributed by atoms with Crippen LogP contribution in [0.3, 0.4) is 0 Å². The first-order valence-corrected chi connectivity index (χ1v) is 10.8. The second-order valence-corrected chi connectivity index (χ2v) is 9.07. The molecule has 1 amide bonds. The molecule has 0 aliphatic rings. The lowest BCUT2D eigenvalue weighted by Gasteiger charge is -2.10. The van der Waals surface area contributed by atoms with Gasteiger partial charge in [0.2, 0.25) is 5.91 Å². The van der Waals surface area contributed by atoms with Crippen LogP contribution in [-0.4, -0.2) is 14.3 Å². The number of thiophene rings is 1. The number of hydrogen-bond acceptors (Lipinski definition) is 4. The minimum atomic E-state index is -3.75. The highest BCUT2D eigenvalue weighted by molar-refractivity contribution is 9.10. The average molecular weight is 451 g/mol. The lowest BCUT2D eigenvalue weighted by molar-refractivity contribution is -0.115. The van der Waals surface area contributed by atoms with Crippen molar-refractivity contribution in [2.24, 2.45) is 0 Å². The number of carbonyl (C=O) groups is 1. The molecule has 2 aromatic carbocycles. The number of sulfonamides is 1. The number of halogens is 1. The van der Waals surface area contributed by atoms with Crippen LogP contribution in [0.25, 0.3) is 0 Å². The molecule has 1 aromatic heterocycles. The molecule has 3 rings (SSSR count). The molecule has 26 heavy (non-hydrogen) atoms. The Morgan fingerprint density at radius 3 is 2.46 bits per heavy atom. The van der Waals surface area contributed by atoms with Crippen LogP contribution >= 0.6 is 27.3 Å². The summed E-state index contributed by atoms with van der Waals surface area (Å²) in [7, 11) is -3.75. The van der Waals surface area contributed by atoms with Crippen molar-refractivity contribution in [3.05, 3.63) is 75.4 Å². The molecule has 0 aliphatic carbocycles. The first-order valence-electron chi connectivity index (χ1n) is 7.63. The maximum atomic E-state index is 12.5. The zero-order valence-corrected chi connectivity index (χ0v) is 16.7. The van der Waals surface area contributed by atoms with Gasteiger partial charge in [0.15, 0.2) is 0 Å². The van der Waals surface area contributed by atoms with Crippen LogP contribution < -0.4 is 10.0 Å². The smallest absolute Gasteiger partial charge is 0.261 e. The van der Waals surface area contributed by atoms with Gasteiger partial charge in [0.25, 0.3) is 10.0 Å². The van der Waals surface area contributed by atoms with Crippen molar-refractivity contribution in [1.82, 2.24) is 0 Å². The Labute approximate surface area is 164 Å². The molecule has 1 heterocycles. The molecule has 0 saturated heterocycles. The van der Waals surface area contributed by atoms with Crippen molar-refractivity contribution in [2.45, 2.75) is 11.3 Å². The fourth-order valence-corrected chi connectivity index (χ4v) is 4.32. The van der Waals surface area contributed by atoms with E-state index in [9.17, 15) is 13.2 Å². The predicted octanol–water partition coefficient (Wildman–Crippen LogP) is 4.49. The number of anilines is 2. The van der Waals surface area contributed by atoms with E-state index in [1.165, 1.54) is 23.5 Å². The summed E-state index contributed by atoms with van der Waals surface area (Å²) in [5, 5.41) is 4.64. The minimum Gasteiger partial charge on any atom is -0.326 e. The van der Waals surface area contributed by atoms with Crippen LogP contribution in [0.15, 0.2) is 75.4 Å². The van der Waals surface area contributed by atoms with Crippen LogP contribution in [0.2, 0.25) is 0 Å². The Bertz CT molecular complexity index is 1000. The number of benzene rings is 2. The van der Waals surface area contributed by atoms with Gasteiger partial charge in [-0.1, -0.05) is 28.1 Å². The van der Waals surface area contributed by atoms with E-state index in [2.05, 4.69) is 26.0 Å². The van der Waals surface area contributed by atoms with Crippen LogP contribution in [0.1, 0.15) is 4.88 Å². The Morgan fingerprint density at radius 2 is 1.77 bits per heavy atom. The van der Waals surface area contributed by atoms with Gasteiger partial charge in [-0.15, -0.1) is 11.3 Å². The summed E-state index contributed by atoms with van der Waals surface area (Å²) < 4.78 is 28.5. The Morgan fingerprint density at radius 1 is 1.00 bits per heavy atom. The molecule has 2 N–H and O–H groups in total. The van der Waals surface area contributed by atoms with E-state index >= 15 is 0 Å². The van der Waals surface area contributed by atoms with E-state index in [-0.39, 0.29) is 17.2 Å². The lowest BCUT2D eigenvalue weighted by Crippen LogP contribution is -2.16. The highest BCUT2D eigenvalue weighted by atomic mass is 79.9. The van der Waals surface area contributed by atoms with Gasteiger partial charge < -0.3 is 5.32 Å². The van der Waals surface area contributed by atoms with Gasteiger partial charge in [-0.05, 0) is 53.9 Å². The third kappa shape index (κ3) is 4.94. The van der Waals surface area contributed by atoms with Gasteiger partial charge in [0.05, 0.1) is 11.3 Å². The largest absolute Gasteiger partial charge is 0.326 e. The van der Waals surface area contributed by atoms with Gasteiger partial charge in [-0.3, -0.25) is 9.52 Å². The number of nitrogens with one attached hydrogen (secondary N) is 2. The first-order chi connectivity index (χ1) is 12.4. The molecule has 134 valence electrons. The summed E-state index contributed by atoms with van der Waals surface area (Å²) in [5.74, 6) is -0.192. The zero-order valence-electron chi connectivity index (χ0n) is 13.5. The van der Waals surface area contributed by atoms with Crippen LogP contribution in [0, 0.1) is 0 Å². The van der Waals surface area contributed by atoms with E-state index in [1.54, 1.807) is 36.4 Å². The monoisotopic (exact) mass is 450 g/mol. The van der Waals surface area contributed by atoms with Crippen molar-refractivity contribution >= 4 is 54.6 Å². The third-order valence-corrected chi connectivity index (χ3v) is 6.22. The number of carbonyl (C=O) groups excluding carboxylic acids is 1. The summed E-state index contributed by atoms with van der Waals surface area (Å²) in [6, 6.07) is 16.8. The van der Waals surface area contributed by atoms with E-state index in [0.717, 1.165) is 9.35 Å². The van der Waals surface area contributed by atoms with Gasteiger partial charge >= 0.3 is 0 Å². The average Bonchev–Trinajstić information content (AvgIpc) is 3.10. The molecule has 0 spiro atoms. The van der Waals surface area contributed by atoms with Gasteiger partial charge in [-0.2, -0.15) is 0 Å². The maximum absolute atomic E-state index is 12.5. The fraction of sp³-hybridized carbons (Fsp3) is 0.0556. The van der Waals surface area contributed by atoms with E-state index < -0.39 is 10.0 Å². The first kappa shape index (κ1) is 18.6. The van der Waals surface area contributed by atoms with Gasteiger partial charge in [-0.25, -0.2) is 8.42 Å². The highest BCUT2D eigenvalue weighted by Gasteiger charge is 2.15. The molecular formula is C18H15BrN2O3S2. The molecule has 0 unspecified atom stereocenters. The second kappa shape index (κ2) is 8.03. The quantitative estimate of drug-likeness (QED) is 0.580. The summed E-state index contributed by atoms with van der Waals surface area (Å²) in [6.07, 6.45) is 0.256. The molecule has 8 heteroatoms. The number of rotatable bonds is 6. The molecule has 3 aromatic rings. The van der Waals surface area contributed by atoms with Crippen LogP contribution in [-0.2, 0) is 21.2 Å². The van der Waals surface area contributed by atoms with Crippen molar-refractivity contribution in [2.75, 3.05) is 10.0 Å². The third-order valence-electron chi connectivity index (χ3n) is 3.44. The van der Waals surface area contributed by atoms with E-state index in [4.69, 9.17) is 0 Å². The normalized spacial score (nSPS) is 11.1. The SMILES string of the molecule is O=C(Cc1cccs1)Nc1cccc(S(=O)(=O)Nc2ccc(Br)cc2)c1. The Hall–Kier alpha value is -2.16. The topological polar surface area (TPSA) is 75.3 Å². The number of hydrogen-bond donors (Lipinski definition) is 2. The van der Waals surface area contributed by atoms with Crippen LogP contribution in [0.4, 0.5) is 11.4 Å². The van der Waals surface area contributed by atoms with Crippen molar-refractivity contribution < 1.29 is 13.2 Å². The molecule has 0 fully saturated rings. The summed E-state index contributed by atoms with van der Waals surface area (Å²) >= 11 is 4.81. The summed E-state index contributed by atoms with van der Waals surface area (Å²) in [4.78, 5) is 13.1. The molecule has 0 saturated carbocycles. The maximum Gasteiger partial charge on any atom is 0.261 e. The Balaban J connectivity index is 1.73. The van der Waals surface area contributed by atoms with Crippen molar-refractivity contribution in [3.63, 3.8) is 0 Å². The summed E-state index contributed by atoms with van der Waals surface area (Å²) in [6.45, 7) is 0. The molecule has 5 nitrogen and oxygen atoms in total. The van der Waals surface area contributed by atoms with E-state index in [1.807, 2.05) is 17.5 Å².